The van der Waals surface area contributed by atoms with Gasteiger partial charge >= 0.3 is 0 Å². The lowest BCUT2D eigenvalue weighted by atomic mass is 9.70. The largest absolute Gasteiger partial charge is 0.366 e. The van der Waals surface area contributed by atoms with Crippen molar-refractivity contribution in [3.63, 3.8) is 0 Å². The third-order valence-corrected chi connectivity index (χ3v) is 14.0. The van der Waals surface area contributed by atoms with Crippen molar-refractivity contribution < 1.29 is 0 Å². The lowest BCUT2D eigenvalue weighted by Crippen LogP contribution is -2.46. The molecule has 0 saturated carbocycles. The minimum atomic E-state index is -0.551. The molecular formula is C40H58BN5S2. The summed E-state index contributed by atoms with van der Waals surface area (Å²) in [7, 11) is 9.60. The highest BCUT2D eigenvalue weighted by atomic mass is 32.2. The zero-order valence-electron chi connectivity index (χ0n) is 30.6. The maximum Gasteiger partial charge on any atom is 0.146 e. The monoisotopic (exact) mass is 683 g/mol. The van der Waals surface area contributed by atoms with Crippen LogP contribution >= 0.6 is 22.2 Å². The molecule has 1 fully saturated rings. The van der Waals surface area contributed by atoms with Crippen molar-refractivity contribution in [2.75, 3.05) is 35.3 Å². The molecule has 6 rings (SSSR count). The van der Waals surface area contributed by atoms with Gasteiger partial charge in [0.1, 0.15) is 25.8 Å². The van der Waals surface area contributed by atoms with Crippen LogP contribution in [-0.4, -0.2) is 70.5 Å². The number of anilines is 2. The van der Waals surface area contributed by atoms with Crippen molar-refractivity contribution in [3.8, 4) is 0 Å². The number of nitrogens with one attached hydrogen (secondary N) is 1. The number of allylic oxidation sites excluding steroid dienone is 2. The fourth-order valence-electron chi connectivity index (χ4n) is 7.71. The fraction of sp³-hybridized carbons (Fsp3) is 0.575. The van der Waals surface area contributed by atoms with Crippen LogP contribution in [0.15, 0.2) is 54.5 Å². The summed E-state index contributed by atoms with van der Waals surface area (Å²) < 4.78 is 0. The van der Waals surface area contributed by atoms with Gasteiger partial charge in [0.05, 0.1) is 5.56 Å². The third-order valence-electron chi connectivity index (χ3n) is 10.8. The fourth-order valence-corrected chi connectivity index (χ4v) is 10.4. The summed E-state index contributed by atoms with van der Waals surface area (Å²) >= 11 is 1.97. The number of hydrogen-bond acceptors (Lipinski definition) is 6. The zero-order valence-corrected chi connectivity index (χ0v) is 32.3. The van der Waals surface area contributed by atoms with Crippen LogP contribution in [0.25, 0.3) is 11.0 Å². The summed E-state index contributed by atoms with van der Waals surface area (Å²) in [5.41, 5.74) is 5.38. The van der Waals surface area contributed by atoms with Gasteiger partial charge in [-0.05, 0) is 107 Å². The van der Waals surface area contributed by atoms with Gasteiger partial charge in [-0.2, -0.15) is 10.5 Å². The van der Waals surface area contributed by atoms with Crippen molar-refractivity contribution in [3.05, 3.63) is 71.2 Å². The molecule has 4 aliphatic heterocycles. The van der Waals surface area contributed by atoms with E-state index in [-0.39, 0.29) is 22.1 Å². The van der Waals surface area contributed by atoms with Crippen LogP contribution in [0.3, 0.4) is 0 Å². The van der Waals surface area contributed by atoms with E-state index in [4.69, 9.17) is 24.4 Å². The predicted molar refractivity (Wildman–Crippen MR) is 217 cm³/mol. The quantitative estimate of drug-likeness (QED) is 0.239. The molecule has 1 aromatic heterocycles. The summed E-state index contributed by atoms with van der Waals surface area (Å²) in [6, 6.07) is 8.94. The first-order valence-corrected chi connectivity index (χ1v) is 20.8. The first kappa shape index (κ1) is 37.0. The Bertz CT molecular complexity index is 1540. The Balaban J connectivity index is 0.00000221. The Labute approximate surface area is 299 Å². The molecule has 0 aliphatic carbocycles. The van der Waals surface area contributed by atoms with Crippen molar-refractivity contribution in [1.29, 1.82) is 0 Å². The lowest BCUT2D eigenvalue weighted by Gasteiger charge is -2.46. The lowest BCUT2D eigenvalue weighted by molar-refractivity contribution is 0.215. The molecular weight excluding hydrogens is 625 g/mol. The van der Waals surface area contributed by atoms with Crippen molar-refractivity contribution in [1.82, 2.24) is 14.9 Å². The maximum absolute atomic E-state index is 7.13. The molecule has 3 atom stereocenters. The number of thioether (sulfide) groups is 1. The van der Waals surface area contributed by atoms with Crippen LogP contribution in [0.5, 0.6) is 0 Å². The van der Waals surface area contributed by atoms with E-state index >= 15 is 0 Å². The van der Waals surface area contributed by atoms with E-state index in [9.17, 15) is 0 Å². The van der Waals surface area contributed by atoms with Gasteiger partial charge in [0.2, 0.25) is 0 Å². The highest BCUT2D eigenvalue weighted by molar-refractivity contribution is 8.14. The number of hydrogen-bond donors (Lipinski definition) is 1. The van der Waals surface area contributed by atoms with Gasteiger partial charge in [0, 0.05) is 32.9 Å². The highest BCUT2D eigenvalue weighted by Gasteiger charge is 2.39. The van der Waals surface area contributed by atoms with Crippen molar-refractivity contribution in [2.24, 2.45) is 5.92 Å². The van der Waals surface area contributed by atoms with Gasteiger partial charge in [0.15, 0.2) is 0 Å². The van der Waals surface area contributed by atoms with Gasteiger partial charge in [-0.25, -0.2) is 9.97 Å². The van der Waals surface area contributed by atoms with Crippen LogP contribution in [0.2, 0.25) is 0 Å². The Hall–Kier alpha value is -2.29. The standard InChI is InChI=1S/C38H52BN5S2.C2H6/c1-26-33-16-17-34(45-33)29-14-10-11-15-32(29)38(5,39)43(6)21-13-9-8-12-20-37(3,4)44-27(2)30(28-18-22-46(7)23-19-28)24-31-35(42-26)40-25-41-36(31)44;1-2/h10-11,14-15,17,24-26,28,33H,2,7-9,12-13,16,18-23H2,1,3-6H3,(H,40,41,42);1-2H3. The van der Waals surface area contributed by atoms with Gasteiger partial charge in [-0.15, -0.1) is 11.8 Å². The minimum absolute atomic E-state index is 0.134. The highest BCUT2D eigenvalue weighted by Crippen LogP contribution is 2.48. The molecule has 1 aromatic carbocycles. The molecule has 6 bridgehead atoms. The average molecular weight is 684 g/mol. The Kier molecular flexibility index (Phi) is 12.1. The number of fused-ring (bicyclic) bond motifs is 4. The normalized spacial score (nSPS) is 29.7. The topological polar surface area (TPSA) is 44.3 Å². The molecule has 4 aliphatic rings. The first-order valence-electron chi connectivity index (χ1n) is 18.2. The van der Waals surface area contributed by atoms with E-state index in [1.165, 1.54) is 58.8 Å². The summed E-state index contributed by atoms with van der Waals surface area (Å²) in [6.45, 7) is 18.9. The van der Waals surface area contributed by atoms with E-state index < -0.39 is 5.44 Å². The number of nitrogens with zero attached hydrogens (tertiary/aromatic N) is 4. The summed E-state index contributed by atoms with van der Waals surface area (Å²) in [4.78, 5) is 16.0. The van der Waals surface area contributed by atoms with Crippen molar-refractivity contribution in [2.45, 2.75) is 115 Å². The smallest absolute Gasteiger partial charge is 0.146 e. The third kappa shape index (κ3) is 7.71. The van der Waals surface area contributed by atoms with Crippen LogP contribution in [0.1, 0.15) is 110 Å². The maximum atomic E-state index is 7.13. The molecule has 5 nitrogen and oxygen atoms in total. The van der Waals surface area contributed by atoms with Gasteiger partial charge in [0.25, 0.3) is 0 Å². The molecule has 48 heavy (non-hydrogen) atoms. The molecule has 0 amide bonds. The first-order chi connectivity index (χ1) is 23.0. The van der Waals surface area contributed by atoms with Crippen LogP contribution in [-0.2, 0) is 5.44 Å². The molecule has 1 saturated heterocycles. The van der Waals surface area contributed by atoms with Gasteiger partial charge in [-0.1, -0.05) is 82.8 Å². The second-order valence-corrected chi connectivity index (χ2v) is 17.9. The SMILES string of the molecule is CC.[B]C1(C)c2ccccc2C2=CCC(S2)C(C)Nc2ncnc3c2C=C(C2CCS(=C)CC2)C(=C)N3C(C)(C)CCCCCCN1C. The van der Waals surface area contributed by atoms with Crippen LogP contribution in [0, 0.1) is 5.92 Å². The molecule has 5 heterocycles. The van der Waals surface area contributed by atoms with Crippen LogP contribution in [0.4, 0.5) is 11.6 Å². The van der Waals surface area contributed by atoms with E-state index in [0.29, 0.717) is 11.2 Å². The zero-order chi connectivity index (χ0) is 34.6. The van der Waals surface area contributed by atoms with Gasteiger partial charge < -0.3 is 15.1 Å². The molecule has 3 unspecified atom stereocenters. The number of rotatable bonds is 1. The van der Waals surface area contributed by atoms with E-state index in [1.807, 2.05) is 25.6 Å². The Morgan fingerprint density at radius 2 is 1.75 bits per heavy atom. The molecule has 0 spiro atoms. The summed E-state index contributed by atoms with van der Waals surface area (Å²) in [6.07, 6.45) is 15.6. The van der Waals surface area contributed by atoms with Crippen molar-refractivity contribution >= 4 is 58.6 Å². The second-order valence-electron chi connectivity index (χ2n) is 14.6. The molecule has 258 valence electrons. The van der Waals surface area contributed by atoms with E-state index in [2.05, 4.69) is 92.1 Å². The molecule has 2 aromatic rings. The molecule has 2 radical (unpaired) electrons. The predicted octanol–water partition coefficient (Wildman–Crippen LogP) is 9.69. The number of aromatic nitrogens is 2. The summed E-state index contributed by atoms with van der Waals surface area (Å²) in [5.74, 6) is 9.22. The van der Waals surface area contributed by atoms with Gasteiger partial charge in [-0.3, -0.25) is 0 Å². The van der Waals surface area contributed by atoms with E-state index in [0.717, 1.165) is 55.1 Å². The summed E-state index contributed by atoms with van der Waals surface area (Å²) in [5, 5.41) is 4.26. The number of benzene rings is 1. The molecule has 8 heteroatoms. The van der Waals surface area contributed by atoms with E-state index in [1.54, 1.807) is 6.33 Å². The second kappa shape index (κ2) is 15.7. The molecule has 1 N–H and O–H groups in total. The Morgan fingerprint density at radius 1 is 1.04 bits per heavy atom. The average Bonchev–Trinajstić information content (AvgIpc) is 3.57. The minimum Gasteiger partial charge on any atom is -0.366 e. The Morgan fingerprint density at radius 3 is 2.50 bits per heavy atom. The van der Waals surface area contributed by atoms with Crippen LogP contribution < -0.4 is 10.2 Å².